The highest BCUT2D eigenvalue weighted by Gasteiger charge is 2.49. The maximum Gasteiger partial charge on any atom is 0.338 e. The van der Waals surface area contributed by atoms with Crippen LogP contribution in [-0.4, -0.2) is 95.0 Å². The number of amidine groups is 1. The topological polar surface area (TPSA) is 171 Å². The molecule has 0 unspecified atom stereocenters. The fraction of sp³-hybridized carbons (Fsp3) is 0.312. The lowest BCUT2D eigenvalue weighted by atomic mass is 9.94. The highest BCUT2D eigenvalue weighted by Crippen LogP contribution is 2.38. The molecular weight excluding hydrogens is 665 g/mol. The number of carbonyl (C=O) groups excluding carboxylic acids is 3. The number of carbonyl (C=O) groups is 4. The molecule has 0 aliphatic carbocycles. The van der Waals surface area contributed by atoms with Crippen molar-refractivity contribution >= 4 is 58.3 Å². The Morgan fingerprint density at radius 2 is 1.96 bits per heavy atom. The molecule has 3 aromatic rings. The fourth-order valence-corrected chi connectivity index (χ4v) is 7.20. The molecule has 0 spiro atoms. The number of carboxylic acid groups (broad SMARTS) is 1. The van der Waals surface area contributed by atoms with Gasteiger partial charge in [-0.3, -0.25) is 24.4 Å². The number of primary amides is 1. The number of aliphatic carboxylic acids is 1. The van der Waals surface area contributed by atoms with E-state index in [0.29, 0.717) is 34.2 Å². The van der Waals surface area contributed by atoms with Crippen LogP contribution in [0.3, 0.4) is 0 Å². The molecule has 48 heavy (non-hydrogen) atoms. The van der Waals surface area contributed by atoms with Crippen LogP contribution < -0.4 is 16.0 Å². The standard InChI is InChI=1S/C32H31ClFN7O6S/c1-47-31(45)25-22(37-29(30-36-10-13-48-30)38-26(25)20-8-5-18(34)14-21(20)33)15-39-11-12-40-23(27(39)28(35)44)16-41(32(40)46)19-6-2-17(3-7-19)4-9-24(42)43/h2-3,5-8,10,13-14,23,26-27H,4,9,11-12,15-16H2,1H3,(H2,35,44)(H,37,38)(H,42,43)/t23-,26+,27+/m1/s1. The number of thiazole rings is 1. The number of anilines is 1. The van der Waals surface area contributed by atoms with Crippen LogP contribution >= 0.6 is 22.9 Å². The zero-order chi connectivity index (χ0) is 34.1. The first-order valence-corrected chi connectivity index (χ1v) is 16.2. The van der Waals surface area contributed by atoms with Crippen molar-refractivity contribution in [3.63, 3.8) is 0 Å². The summed E-state index contributed by atoms with van der Waals surface area (Å²) in [4.78, 5) is 65.2. The minimum Gasteiger partial charge on any atom is -0.481 e. The largest absolute Gasteiger partial charge is 0.481 e. The van der Waals surface area contributed by atoms with Crippen molar-refractivity contribution in [3.05, 3.63) is 92.3 Å². The number of aryl methyl sites for hydroxylation is 1. The van der Waals surface area contributed by atoms with Crippen LogP contribution in [0.15, 0.2) is 70.3 Å². The van der Waals surface area contributed by atoms with Gasteiger partial charge in [0.2, 0.25) is 5.91 Å². The number of aliphatic imine (C=N–C) groups is 1. The molecule has 2 fully saturated rings. The number of rotatable bonds is 10. The highest BCUT2D eigenvalue weighted by molar-refractivity contribution is 7.11. The Kier molecular flexibility index (Phi) is 9.44. The molecule has 6 rings (SSSR count). The molecule has 3 aliphatic rings. The van der Waals surface area contributed by atoms with Gasteiger partial charge < -0.3 is 25.8 Å². The van der Waals surface area contributed by atoms with Crippen LogP contribution in [0.1, 0.15) is 28.6 Å². The molecule has 13 nitrogen and oxygen atoms in total. The average molecular weight is 696 g/mol. The van der Waals surface area contributed by atoms with E-state index in [0.717, 1.165) is 11.6 Å². The van der Waals surface area contributed by atoms with E-state index >= 15 is 0 Å². The normalized spacial score (nSPS) is 21.1. The first kappa shape index (κ1) is 33.1. The van der Waals surface area contributed by atoms with Crippen molar-refractivity contribution in [2.75, 3.05) is 38.2 Å². The first-order chi connectivity index (χ1) is 23.0. The van der Waals surface area contributed by atoms with E-state index < -0.39 is 41.8 Å². The lowest BCUT2D eigenvalue weighted by molar-refractivity contribution is -0.137. The summed E-state index contributed by atoms with van der Waals surface area (Å²) >= 11 is 7.79. The third-order valence-electron chi connectivity index (χ3n) is 8.58. The van der Waals surface area contributed by atoms with Gasteiger partial charge in [-0.05, 0) is 36.2 Å². The number of nitrogens with two attached hydrogens (primary N) is 1. The summed E-state index contributed by atoms with van der Waals surface area (Å²) in [5.74, 6) is -2.45. The molecule has 3 amide bonds. The number of nitrogens with zero attached hydrogens (tertiary/aromatic N) is 5. The summed E-state index contributed by atoms with van der Waals surface area (Å²) in [7, 11) is 1.23. The van der Waals surface area contributed by atoms with Gasteiger partial charge in [0.1, 0.15) is 17.9 Å². The van der Waals surface area contributed by atoms with Crippen LogP contribution in [0.5, 0.6) is 0 Å². The number of esters is 1. The van der Waals surface area contributed by atoms with Gasteiger partial charge in [0.15, 0.2) is 10.8 Å². The number of hydrogen-bond acceptors (Lipinski definition) is 10. The minimum atomic E-state index is -0.990. The molecule has 0 bridgehead atoms. The quantitative estimate of drug-likeness (QED) is 0.270. The van der Waals surface area contributed by atoms with E-state index in [-0.39, 0.29) is 49.2 Å². The van der Waals surface area contributed by atoms with Gasteiger partial charge in [-0.1, -0.05) is 29.8 Å². The first-order valence-electron chi connectivity index (χ1n) is 15.0. The highest BCUT2D eigenvalue weighted by atomic mass is 35.5. The number of carboxylic acids is 1. The van der Waals surface area contributed by atoms with E-state index in [9.17, 15) is 23.6 Å². The van der Waals surface area contributed by atoms with Crippen molar-refractivity contribution in [3.8, 4) is 0 Å². The van der Waals surface area contributed by atoms with Gasteiger partial charge in [-0.25, -0.2) is 19.0 Å². The van der Waals surface area contributed by atoms with Gasteiger partial charge >= 0.3 is 18.0 Å². The van der Waals surface area contributed by atoms with Crippen molar-refractivity contribution < 1.29 is 33.4 Å². The number of ether oxygens (including phenoxy) is 1. The van der Waals surface area contributed by atoms with Gasteiger partial charge in [0.05, 0.1) is 25.3 Å². The lowest BCUT2D eigenvalue weighted by Gasteiger charge is -2.43. The Labute approximate surface area is 283 Å². The van der Waals surface area contributed by atoms with Crippen LogP contribution in [-0.2, 0) is 25.5 Å². The molecule has 2 aromatic carbocycles. The summed E-state index contributed by atoms with van der Waals surface area (Å²) in [6, 6.07) is 8.10. The SMILES string of the molecule is COC(=O)C1=C(CN2CCN3C(=O)N(c4ccc(CCC(=O)O)cc4)C[C@@H]3[C@H]2C(N)=O)NC(c2nccs2)=N[C@H]1c1ccc(F)cc1Cl. The van der Waals surface area contributed by atoms with Crippen molar-refractivity contribution in [2.24, 2.45) is 10.7 Å². The Hall–Kier alpha value is -4.86. The maximum atomic E-state index is 14.0. The van der Waals surface area contributed by atoms with Crippen molar-refractivity contribution in [2.45, 2.75) is 31.0 Å². The molecule has 3 atom stereocenters. The third-order valence-corrected chi connectivity index (χ3v) is 9.69. The van der Waals surface area contributed by atoms with Gasteiger partial charge in [0, 0.05) is 59.6 Å². The Morgan fingerprint density at radius 1 is 1.19 bits per heavy atom. The summed E-state index contributed by atoms with van der Waals surface area (Å²) in [5.41, 5.74) is 8.28. The molecule has 250 valence electrons. The third kappa shape index (κ3) is 6.48. The Morgan fingerprint density at radius 3 is 2.60 bits per heavy atom. The lowest BCUT2D eigenvalue weighted by Crippen LogP contribution is -2.64. The number of hydrogen-bond donors (Lipinski definition) is 3. The smallest absolute Gasteiger partial charge is 0.338 e. The zero-order valence-corrected chi connectivity index (χ0v) is 27.2. The van der Waals surface area contributed by atoms with Crippen LogP contribution in [0.25, 0.3) is 0 Å². The molecule has 4 heterocycles. The summed E-state index contributed by atoms with van der Waals surface area (Å²) in [6.07, 6.45) is 1.96. The summed E-state index contributed by atoms with van der Waals surface area (Å²) in [5, 5.41) is 14.6. The van der Waals surface area contributed by atoms with Crippen LogP contribution in [0.4, 0.5) is 14.9 Å². The predicted octanol–water partition coefficient (Wildman–Crippen LogP) is 2.95. The van der Waals surface area contributed by atoms with Crippen molar-refractivity contribution in [1.82, 2.24) is 20.1 Å². The Balaban J connectivity index is 1.32. The van der Waals surface area contributed by atoms with E-state index in [1.165, 1.54) is 30.6 Å². The fourth-order valence-electron chi connectivity index (χ4n) is 6.34. The maximum absolute atomic E-state index is 14.0. The second kappa shape index (κ2) is 13.7. The second-order valence-electron chi connectivity index (χ2n) is 11.4. The zero-order valence-electron chi connectivity index (χ0n) is 25.6. The number of amides is 3. The summed E-state index contributed by atoms with van der Waals surface area (Å²) < 4.78 is 19.2. The molecule has 16 heteroatoms. The monoisotopic (exact) mass is 695 g/mol. The number of urea groups is 1. The number of benzene rings is 2. The van der Waals surface area contributed by atoms with Gasteiger partial charge in [0.25, 0.3) is 0 Å². The van der Waals surface area contributed by atoms with Crippen LogP contribution in [0, 0.1) is 5.82 Å². The number of piperazine rings is 1. The van der Waals surface area contributed by atoms with Gasteiger partial charge in [-0.2, -0.15) is 0 Å². The number of methoxy groups -OCH3 is 1. The molecule has 0 saturated carbocycles. The Bertz CT molecular complexity index is 1820. The molecule has 0 radical (unpaired) electrons. The predicted molar refractivity (Wildman–Crippen MR) is 175 cm³/mol. The average Bonchev–Trinajstić information content (AvgIpc) is 3.72. The summed E-state index contributed by atoms with van der Waals surface area (Å²) in [6.45, 7) is 0.729. The van der Waals surface area contributed by atoms with E-state index in [1.54, 1.807) is 45.6 Å². The molecule has 4 N–H and O–H groups in total. The van der Waals surface area contributed by atoms with E-state index in [2.05, 4.69) is 10.3 Å². The number of halogens is 2. The number of fused-ring (bicyclic) bond motifs is 1. The number of aromatic nitrogens is 1. The van der Waals surface area contributed by atoms with Gasteiger partial charge in [-0.15, -0.1) is 11.3 Å². The van der Waals surface area contributed by atoms with Crippen molar-refractivity contribution in [1.29, 1.82) is 0 Å². The molecule has 3 aliphatic heterocycles. The van der Waals surface area contributed by atoms with E-state index in [1.807, 2.05) is 4.90 Å². The molecule has 2 saturated heterocycles. The van der Waals surface area contributed by atoms with Crippen LogP contribution in [0.2, 0.25) is 5.02 Å². The second-order valence-corrected chi connectivity index (χ2v) is 12.7. The minimum absolute atomic E-state index is 0.00811. The van der Waals surface area contributed by atoms with E-state index in [4.69, 9.17) is 32.2 Å². The number of nitrogens with one attached hydrogen (secondary N) is 1. The molecule has 1 aromatic heterocycles. The molecular formula is C32H31ClFN7O6S.